The maximum atomic E-state index is 5.93. The number of nitrogens with zero attached hydrogens (tertiary/aromatic N) is 5. The zero-order valence-electron chi connectivity index (χ0n) is 13.9. The first-order valence-electron chi connectivity index (χ1n) is 8.56. The second kappa shape index (κ2) is 7.23. The van der Waals surface area contributed by atoms with Crippen molar-refractivity contribution < 1.29 is 0 Å². The maximum Gasteiger partial charge on any atom is 0.128 e. The van der Waals surface area contributed by atoms with Crippen molar-refractivity contribution in [1.29, 1.82) is 0 Å². The maximum absolute atomic E-state index is 5.93. The first-order chi connectivity index (χ1) is 12.3. The van der Waals surface area contributed by atoms with E-state index in [0.717, 1.165) is 38.3 Å². The topological polar surface area (TPSA) is 46.8 Å². The molecule has 3 aromatic rings. The Balaban J connectivity index is 1.43. The molecule has 0 aliphatic carbocycles. The van der Waals surface area contributed by atoms with Gasteiger partial charge in [-0.3, -0.25) is 4.98 Å². The van der Waals surface area contributed by atoms with Crippen LogP contribution in [0.25, 0.3) is 0 Å². The molecule has 6 heteroatoms. The van der Waals surface area contributed by atoms with E-state index in [0.29, 0.717) is 10.9 Å². The first kappa shape index (κ1) is 16.1. The van der Waals surface area contributed by atoms with Crippen molar-refractivity contribution in [2.45, 2.75) is 25.3 Å². The molecule has 1 aliphatic rings. The van der Waals surface area contributed by atoms with Gasteiger partial charge in [0.1, 0.15) is 11.6 Å². The van der Waals surface area contributed by atoms with Gasteiger partial charge in [-0.2, -0.15) is 0 Å². The zero-order chi connectivity index (χ0) is 17.1. The molecule has 25 heavy (non-hydrogen) atoms. The lowest BCUT2D eigenvalue weighted by Crippen LogP contribution is -2.34. The molecule has 0 spiro atoms. The highest BCUT2D eigenvalue weighted by atomic mass is 35.5. The Morgan fingerprint density at radius 2 is 1.92 bits per heavy atom. The highest BCUT2D eigenvalue weighted by molar-refractivity contribution is 6.30. The molecule has 0 unspecified atom stereocenters. The van der Waals surface area contributed by atoms with E-state index in [1.807, 2.05) is 30.6 Å². The lowest BCUT2D eigenvalue weighted by molar-refractivity contribution is 0.468. The number of hydrogen-bond donors (Lipinski definition) is 0. The molecule has 4 heterocycles. The van der Waals surface area contributed by atoms with Crippen LogP contribution in [-0.4, -0.2) is 32.6 Å². The minimum absolute atomic E-state index is 0.482. The fourth-order valence-corrected chi connectivity index (χ4v) is 3.54. The monoisotopic (exact) mass is 353 g/mol. The van der Waals surface area contributed by atoms with Crippen molar-refractivity contribution in [2.24, 2.45) is 0 Å². The third kappa shape index (κ3) is 3.66. The SMILES string of the molecule is Clc1ccc(N2CCC(c3nccn3Cc3cccnc3)CC2)nc1. The van der Waals surface area contributed by atoms with E-state index >= 15 is 0 Å². The van der Waals surface area contributed by atoms with Gasteiger partial charge in [0.2, 0.25) is 0 Å². The summed E-state index contributed by atoms with van der Waals surface area (Å²) >= 11 is 5.93. The van der Waals surface area contributed by atoms with Crippen molar-refractivity contribution in [3.05, 3.63) is 71.7 Å². The quantitative estimate of drug-likeness (QED) is 0.716. The molecule has 0 amide bonds. The number of aromatic nitrogens is 4. The van der Waals surface area contributed by atoms with Gasteiger partial charge >= 0.3 is 0 Å². The van der Waals surface area contributed by atoms with Crippen LogP contribution in [0.2, 0.25) is 5.02 Å². The number of rotatable bonds is 4. The normalized spacial score (nSPS) is 15.5. The predicted molar refractivity (Wildman–Crippen MR) is 99.0 cm³/mol. The van der Waals surface area contributed by atoms with Crippen LogP contribution in [0, 0.1) is 0 Å². The predicted octanol–water partition coefficient (Wildman–Crippen LogP) is 3.76. The van der Waals surface area contributed by atoms with E-state index in [-0.39, 0.29) is 0 Å². The van der Waals surface area contributed by atoms with E-state index in [9.17, 15) is 0 Å². The number of halogens is 1. The van der Waals surface area contributed by atoms with Gasteiger partial charge in [-0.1, -0.05) is 17.7 Å². The Morgan fingerprint density at radius 1 is 1.04 bits per heavy atom. The summed E-state index contributed by atoms with van der Waals surface area (Å²) in [7, 11) is 0. The van der Waals surface area contributed by atoms with Crippen molar-refractivity contribution in [3.8, 4) is 0 Å². The Morgan fingerprint density at radius 3 is 2.64 bits per heavy atom. The van der Waals surface area contributed by atoms with Crippen LogP contribution in [0.3, 0.4) is 0 Å². The lowest BCUT2D eigenvalue weighted by atomic mass is 9.95. The highest BCUT2D eigenvalue weighted by Crippen LogP contribution is 2.29. The van der Waals surface area contributed by atoms with Crippen molar-refractivity contribution >= 4 is 17.4 Å². The summed E-state index contributed by atoms with van der Waals surface area (Å²) in [5.41, 5.74) is 1.20. The van der Waals surface area contributed by atoms with Gasteiger partial charge in [-0.25, -0.2) is 9.97 Å². The summed E-state index contributed by atoms with van der Waals surface area (Å²) in [6, 6.07) is 7.97. The molecule has 128 valence electrons. The number of hydrogen-bond acceptors (Lipinski definition) is 4. The molecule has 1 fully saturated rings. The van der Waals surface area contributed by atoms with E-state index in [4.69, 9.17) is 11.6 Å². The molecular weight excluding hydrogens is 334 g/mol. The Bertz CT molecular complexity index is 807. The summed E-state index contributed by atoms with van der Waals surface area (Å²) in [5.74, 6) is 2.66. The summed E-state index contributed by atoms with van der Waals surface area (Å²) in [4.78, 5) is 15.6. The van der Waals surface area contributed by atoms with Crippen molar-refractivity contribution in [3.63, 3.8) is 0 Å². The summed E-state index contributed by atoms with van der Waals surface area (Å²) < 4.78 is 2.25. The zero-order valence-corrected chi connectivity index (χ0v) is 14.7. The minimum atomic E-state index is 0.482. The summed E-state index contributed by atoms with van der Waals surface area (Å²) in [5, 5.41) is 0.677. The van der Waals surface area contributed by atoms with Gasteiger partial charge in [0.05, 0.1) is 11.6 Å². The standard InChI is InChI=1S/C19H20ClN5/c20-17-3-4-18(23-13-17)24-9-5-16(6-10-24)19-22-8-11-25(19)14-15-2-1-7-21-12-15/h1-4,7-8,11-13,16H,5-6,9-10,14H2. The van der Waals surface area contributed by atoms with Gasteiger partial charge in [0.25, 0.3) is 0 Å². The van der Waals surface area contributed by atoms with E-state index in [2.05, 4.69) is 36.7 Å². The molecule has 3 aromatic heterocycles. The van der Waals surface area contributed by atoms with Crippen LogP contribution >= 0.6 is 11.6 Å². The molecule has 0 radical (unpaired) electrons. The van der Waals surface area contributed by atoms with Gasteiger partial charge < -0.3 is 9.47 Å². The van der Waals surface area contributed by atoms with E-state index in [1.54, 1.807) is 12.4 Å². The van der Waals surface area contributed by atoms with E-state index < -0.39 is 0 Å². The third-order valence-corrected chi connectivity index (χ3v) is 4.94. The van der Waals surface area contributed by atoms with E-state index in [1.165, 1.54) is 11.4 Å². The fourth-order valence-electron chi connectivity index (χ4n) is 3.42. The van der Waals surface area contributed by atoms with Gasteiger partial charge in [-0.05, 0) is 36.6 Å². The average Bonchev–Trinajstić information content (AvgIpc) is 3.11. The van der Waals surface area contributed by atoms with Crippen LogP contribution in [0.1, 0.15) is 30.1 Å². The van der Waals surface area contributed by atoms with Gasteiger partial charge in [0.15, 0.2) is 0 Å². The van der Waals surface area contributed by atoms with Gasteiger partial charge in [0, 0.05) is 50.0 Å². The van der Waals surface area contributed by atoms with Gasteiger partial charge in [-0.15, -0.1) is 0 Å². The number of pyridine rings is 2. The van der Waals surface area contributed by atoms with Crippen LogP contribution < -0.4 is 4.90 Å². The smallest absolute Gasteiger partial charge is 0.128 e. The first-order valence-corrected chi connectivity index (χ1v) is 8.94. The summed E-state index contributed by atoms with van der Waals surface area (Å²) in [6.07, 6.45) is 11.6. The molecule has 0 saturated carbocycles. The molecule has 0 aromatic carbocycles. The molecule has 1 aliphatic heterocycles. The molecule has 1 saturated heterocycles. The summed E-state index contributed by atoms with van der Waals surface area (Å²) in [6.45, 7) is 2.79. The number of imidazole rings is 1. The lowest BCUT2D eigenvalue weighted by Gasteiger charge is -2.32. The Kier molecular flexibility index (Phi) is 4.65. The Hall–Kier alpha value is -2.40. The van der Waals surface area contributed by atoms with Crippen LogP contribution in [-0.2, 0) is 6.54 Å². The average molecular weight is 354 g/mol. The van der Waals surface area contributed by atoms with Crippen molar-refractivity contribution in [1.82, 2.24) is 19.5 Å². The number of anilines is 1. The van der Waals surface area contributed by atoms with Crippen molar-refractivity contribution in [2.75, 3.05) is 18.0 Å². The largest absolute Gasteiger partial charge is 0.357 e. The molecule has 0 atom stereocenters. The van der Waals surface area contributed by atoms with Crippen LogP contribution in [0.15, 0.2) is 55.2 Å². The molecule has 5 nitrogen and oxygen atoms in total. The minimum Gasteiger partial charge on any atom is -0.357 e. The van der Waals surface area contributed by atoms with Crippen LogP contribution in [0.4, 0.5) is 5.82 Å². The number of piperidine rings is 1. The fraction of sp³-hybridized carbons (Fsp3) is 0.316. The third-order valence-electron chi connectivity index (χ3n) is 4.72. The second-order valence-corrected chi connectivity index (χ2v) is 6.81. The second-order valence-electron chi connectivity index (χ2n) is 6.37. The molecular formula is C19H20ClN5. The Labute approximate surface area is 152 Å². The molecule has 0 bridgehead atoms. The highest BCUT2D eigenvalue weighted by Gasteiger charge is 2.24. The van der Waals surface area contributed by atoms with Crippen LogP contribution in [0.5, 0.6) is 0 Å². The molecule has 0 N–H and O–H groups in total. The molecule has 4 rings (SSSR count).